The summed E-state index contributed by atoms with van der Waals surface area (Å²) in [6.07, 6.45) is -6.93. The van der Waals surface area contributed by atoms with E-state index in [1.807, 2.05) is 0 Å². The largest absolute Gasteiger partial charge is 0.490 e. The number of nitrogens with one attached hydrogen (secondary N) is 2. The fraction of sp³-hybridized carbons (Fsp3) is 0.600. The molecule has 2 aliphatic heterocycles. The number of phosphoric acid groups is 3. The zero-order chi connectivity index (χ0) is 40.2. The molecule has 4 aromatic rings. The number of aryl methyl sites for hydroxylation is 2. The van der Waals surface area contributed by atoms with Gasteiger partial charge in [-0.2, -0.15) is 18.2 Å². The summed E-state index contributed by atoms with van der Waals surface area (Å²) in [7, 11) is -11.8. The lowest BCUT2D eigenvalue weighted by Gasteiger charge is -2.22. The Morgan fingerprint density at radius 2 is 1.42 bits per heavy atom. The molecule has 30 heteroatoms. The van der Waals surface area contributed by atoms with Gasteiger partial charge in [0.05, 0.1) is 26.6 Å². The Morgan fingerprint density at radius 3 is 2.02 bits per heavy atom. The van der Waals surface area contributed by atoms with Gasteiger partial charge in [-0.25, -0.2) is 28.2 Å². The van der Waals surface area contributed by atoms with Crippen molar-refractivity contribution in [2.75, 3.05) is 40.3 Å². The van der Waals surface area contributed by atoms with Gasteiger partial charge in [-0.05, 0) is 6.92 Å². The maximum Gasteiger partial charge on any atom is 0.490 e. The van der Waals surface area contributed by atoms with Gasteiger partial charge in [-0.15, -0.1) is 0 Å². The number of aliphatic hydroxyl groups is 1. The Morgan fingerprint density at radius 1 is 0.836 bits per heavy atom. The molecule has 2 saturated heterocycles. The number of phosphoric ester groups is 2. The normalized spacial score (nSPS) is 29.1. The van der Waals surface area contributed by atoms with E-state index in [0.29, 0.717) is 0 Å². The van der Waals surface area contributed by atoms with Gasteiger partial charge in [0.1, 0.15) is 36.3 Å². The Kier molecular flexibility index (Phi) is 11.7. The summed E-state index contributed by atoms with van der Waals surface area (Å²) in [6.45, 7) is -0.227. The molecule has 0 amide bonds. The van der Waals surface area contributed by atoms with Crippen molar-refractivity contribution in [3.05, 3.63) is 39.2 Å². The second-order valence-corrected chi connectivity index (χ2v) is 16.7. The maximum absolute atomic E-state index is 12.8. The molecule has 2 fully saturated rings. The van der Waals surface area contributed by atoms with E-state index < -0.39 is 96.9 Å². The highest BCUT2D eigenvalue weighted by molar-refractivity contribution is 7.66. The number of hydrogen-bond acceptors (Lipinski definition) is 19. The summed E-state index contributed by atoms with van der Waals surface area (Å²) in [6, 6.07) is 0. The third-order valence-electron chi connectivity index (χ3n) is 8.52. The number of nitrogens with zero attached hydrogens (tertiary/aromatic N) is 6. The Labute approximate surface area is 307 Å². The third kappa shape index (κ3) is 8.38. The number of nitrogens with two attached hydrogens (primary N) is 1. The molecule has 0 saturated carbocycles. The first kappa shape index (κ1) is 41.3. The highest BCUT2D eigenvalue weighted by Gasteiger charge is 2.52. The number of imidazole rings is 2. The van der Waals surface area contributed by atoms with E-state index >= 15 is 0 Å². The number of nitrogen functional groups attached to an aromatic ring is 1. The average molecular weight is 845 g/mol. The summed E-state index contributed by atoms with van der Waals surface area (Å²) in [4.78, 5) is 72.7. The minimum absolute atomic E-state index is 0.0480. The first-order valence-corrected chi connectivity index (χ1v) is 20.2. The van der Waals surface area contributed by atoms with Crippen molar-refractivity contribution >= 4 is 51.7 Å². The Hall–Kier alpha value is -3.33. The van der Waals surface area contributed by atoms with Gasteiger partial charge in [-0.3, -0.25) is 28.2 Å². The van der Waals surface area contributed by atoms with Crippen LogP contribution in [0.1, 0.15) is 18.3 Å². The van der Waals surface area contributed by atoms with Gasteiger partial charge in [0.25, 0.3) is 16.7 Å². The number of hydrogen-bond donors (Lipinski definition) is 7. The molecule has 8 N–H and O–H groups in total. The molecule has 5 unspecified atom stereocenters. The molecule has 0 aromatic carbocycles. The number of rotatable bonds is 15. The maximum atomic E-state index is 12.8. The molecule has 55 heavy (non-hydrogen) atoms. The highest BCUT2D eigenvalue weighted by Crippen LogP contribution is 2.68. The van der Waals surface area contributed by atoms with Gasteiger partial charge in [0.15, 0.2) is 23.5 Å². The number of aromatic amines is 2. The highest BCUT2D eigenvalue weighted by atomic mass is 31.3. The minimum Gasteiger partial charge on any atom is -0.386 e. The summed E-state index contributed by atoms with van der Waals surface area (Å²) >= 11 is 0. The Balaban J connectivity index is 1.08. The van der Waals surface area contributed by atoms with Gasteiger partial charge < -0.3 is 54.2 Å². The number of aliphatic hydroxyl groups excluding tert-OH is 1. The molecular weight excluding hydrogens is 807 g/mol. The standard InChI is InChI=1S/C25H36N9O18P3/c1-10-28-19-13(21(36)29-10)27-8-33(19)23-15(35)16(44-3)11(49-23)6-47-53(38,39)51-55(42,43)52-54(40,41)48-7-12-17(45-4)18(46-5)24(50-12)34-9-32(2)14-20(34)30-25(26)31-22(14)37/h8-9,11-12,15-18,23-24,35H,6-7H2,1-5H3,(H6-,26,28,29,30,31,36,37,38,39,40,41,42,43)/p+1/t11-,12-,15+,16?,17?,18+,23-,24-/m1/s1. The second kappa shape index (κ2) is 15.5. The lowest BCUT2D eigenvalue weighted by Crippen LogP contribution is -2.37. The van der Waals surface area contributed by atoms with Gasteiger partial charge in [0.2, 0.25) is 18.5 Å². The molecule has 27 nitrogen and oxygen atoms in total. The van der Waals surface area contributed by atoms with Gasteiger partial charge in [-0.1, -0.05) is 0 Å². The van der Waals surface area contributed by atoms with Crippen molar-refractivity contribution in [3.63, 3.8) is 0 Å². The zero-order valence-corrected chi connectivity index (χ0v) is 32.0. The predicted octanol–water partition coefficient (Wildman–Crippen LogP) is -1.86. The molecule has 6 rings (SSSR count). The number of methoxy groups -OCH3 is 3. The van der Waals surface area contributed by atoms with E-state index in [4.69, 9.17) is 38.5 Å². The van der Waals surface area contributed by atoms with E-state index in [-0.39, 0.29) is 34.1 Å². The van der Waals surface area contributed by atoms with E-state index in [2.05, 4.69) is 33.5 Å². The van der Waals surface area contributed by atoms with Crippen molar-refractivity contribution in [2.24, 2.45) is 7.05 Å². The van der Waals surface area contributed by atoms with Crippen LogP contribution in [0.15, 0.2) is 22.2 Å². The van der Waals surface area contributed by atoms with Crippen LogP contribution in [0, 0.1) is 6.92 Å². The van der Waals surface area contributed by atoms with Crippen LogP contribution in [0.3, 0.4) is 0 Å². The van der Waals surface area contributed by atoms with Crippen LogP contribution >= 0.6 is 23.5 Å². The molecule has 4 aromatic heterocycles. The van der Waals surface area contributed by atoms with Crippen LogP contribution in [0.4, 0.5) is 5.95 Å². The number of ether oxygens (including phenoxy) is 5. The van der Waals surface area contributed by atoms with Crippen LogP contribution in [0.2, 0.25) is 0 Å². The Bertz CT molecular complexity index is 2330. The van der Waals surface area contributed by atoms with Crippen LogP contribution in [0.5, 0.6) is 0 Å². The summed E-state index contributed by atoms with van der Waals surface area (Å²) < 4.78 is 88.4. The third-order valence-corrected chi connectivity index (χ3v) is 12.8. The van der Waals surface area contributed by atoms with E-state index in [9.17, 15) is 43.1 Å². The molecule has 2 aliphatic rings. The SMILES string of the molecule is COC1[C@@H](COP(=O)(O)OP(=O)(O)OP(=O)(O)OC[C@H]2O[C@@H](n3c[n+](C)c4c(=O)[nH]c(N)nc43)[C@@H](OC)C2OC)O[C@@H](n2cnc3c(=O)[nH]c(C)nc32)[C@H]1O. The molecule has 6 heterocycles. The van der Waals surface area contributed by atoms with Crippen molar-refractivity contribution < 1.29 is 79.4 Å². The predicted molar refractivity (Wildman–Crippen MR) is 179 cm³/mol. The van der Waals surface area contributed by atoms with Gasteiger partial charge >= 0.3 is 29.0 Å². The smallest absolute Gasteiger partial charge is 0.386 e. The second-order valence-electron chi connectivity index (χ2n) is 12.1. The first-order valence-electron chi connectivity index (χ1n) is 15.8. The quantitative estimate of drug-likeness (QED) is 0.0509. The summed E-state index contributed by atoms with van der Waals surface area (Å²) in [5, 5.41) is 10.9. The zero-order valence-electron chi connectivity index (χ0n) is 29.3. The molecule has 0 aliphatic carbocycles. The number of H-pyrrole nitrogens is 2. The van der Waals surface area contributed by atoms with Crippen molar-refractivity contribution in [1.82, 2.24) is 34.1 Å². The lowest BCUT2D eigenvalue weighted by atomic mass is 10.1. The van der Waals surface area contributed by atoms with Crippen LogP contribution in [0.25, 0.3) is 22.3 Å². The summed E-state index contributed by atoms with van der Waals surface area (Å²) in [5.74, 6) is 0.0471. The van der Waals surface area contributed by atoms with Crippen molar-refractivity contribution in [3.8, 4) is 0 Å². The number of fused-ring (bicyclic) bond motifs is 2. The molecule has 304 valence electrons. The molecule has 0 spiro atoms. The number of anilines is 1. The van der Waals surface area contributed by atoms with E-state index in [1.165, 1.54) is 54.6 Å². The van der Waals surface area contributed by atoms with Crippen molar-refractivity contribution in [1.29, 1.82) is 0 Å². The summed E-state index contributed by atoms with van der Waals surface area (Å²) in [5.41, 5.74) is 4.85. The lowest BCUT2D eigenvalue weighted by molar-refractivity contribution is -0.646. The molecule has 0 bridgehead atoms. The monoisotopic (exact) mass is 844 g/mol. The minimum atomic E-state index is -5.92. The number of aromatic nitrogens is 8. The fourth-order valence-electron chi connectivity index (χ4n) is 6.31. The first-order chi connectivity index (χ1) is 25.8. The van der Waals surface area contributed by atoms with Crippen LogP contribution in [-0.4, -0.2) is 125 Å². The molecule has 0 radical (unpaired) electrons. The van der Waals surface area contributed by atoms with Crippen LogP contribution < -0.4 is 21.4 Å². The molecular formula is C25H37N9O18P3+. The van der Waals surface area contributed by atoms with Crippen molar-refractivity contribution in [2.45, 2.75) is 56.0 Å². The van der Waals surface area contributed by atoms with Crippen LogP contribution in [-0.2, 0) is 62.1 Å². The fourth-order valence-corrected chi connectivity index (χ4v) is 9.83. The van der Waals surface area contributed by atoms with E-state index in [1.54, 1.807) is 7.05 Å². The molecule has 11 atom stereocenters. The van der Waals surface area contributed by atoms with Gasteiger partial charge in [0, 0.05) is 21.3 Å². The topological polar surface area (TPSA) is 359 Å². The average Bonchev–Trinajstić information content (AvgIpc) is 3.82. The van der Waals surface area contributed by atoms with E-state index in [0.717, 1.165) is 0 Å².